The fourth-order valence-corrected chi connectivity index (χ4v) is 3.15. The molecule has 0 spiro atoms. The van der Waals surface area contributed by atoms with Crippen molar-refractivity contribution in [1.29, 1.82) is 0 Å². The van der Waals surface area contributed by atoms with Crippen LogP contribution in [0, 0.1) is 27.7 Å². The molecule has 0 aliphatic heterocycles. The lowest BCUT2D eigenvalue weighted by Crippen LogP contribution is -2.21. The van der Waals surface area contributed by atoms with Gasteiger partial charge in [0, 0.05) is 17.0 Å². The van der Waals surface area contributed by atoms with E-state index < -0.39 is 5.97 Å². The van der Waals surface area contributed by atoms with Gasteiger partial charge in [-0.1, -0.05) is 5.16 Å². The number of pyridine rings is 1. The van der Waals surface area contributed by atoms with Crippen LogP contribution in [0.5, 0.6) is 0 Å². The van der Waals surface area contributed by atoms with E-state index in [0.717, 1.165) is 16.6 Å². The largest absolute Gasteiger partial charge is 0.478 e. The Kier molecular flexibility index (Phi) is 3.75. The molecule has 0 atom stereocenters. The van der Waals surface area contributed by atoms with Gasteiger partial charge in [-0.3, -0.25) is 4.79 Å². The smallest absolute Gasteiger partial charge is 0.336 e. The van der Waals surface area contributed by atoms with Crippen molar-refractivity contribution in [3.05, 3.63) is 62.3 Å². The van der Waals surface area contributed by atoms with Crippen molar-refractivity contribution >= 4 is 16.9 Å². The molecule has 1 N–H and O–H groups in total. The molecule has 3 aromatic rings. The third-order valence-corrected chi connectivity index (χ3v) is 4.46. The van der Waals surface area contributed by atoms with Gasteiger partial charge in [-0.25, -0.2) is 4.79 Å². The number of hydrogen-bond acceptors (Lipinski definition) is 4. The zero-order valence-corrected chi connectivity index (χ0v) is 14.0. The molecular formula is C18H18N2O4. The van der Waals surface area contributed by atoms with Gasteiger partial charge in [0.05, 0.1) is 23.3 Å². The van der Waals surface area contributed by atoms with Gasteiger partial charge < -0.3 is 14.2 Å². The Balaban J connectivity index is 2.31. The second-order valence-corrected chi connectivity index (χ2v) is 5.99. The number of hydrogen-bond donors (Lipinski definition) is 1. The van der Waals surface area contributed by atoms with E-state index in [0.29, 0.717) is 28.9 Å². The van der Waals surface area contributed by atoms with Gasteiger partial charge >= 0.3 is 5.97 Å². The number of rotatable bonds is 3. The first-order valence-corrected chi connectivity index (χ1v) is 7.60. The van der Waals surface area contributed by atoms with Crippen LogP contribution >= 0.6 is 0 Å². The molecule has 0 amide bonds. The fraction of sp³-hybridized carbons (Fsp3) is 0.278. The lowest BCUT2D eigenvalue weighted by atomic mass is 9.98. The van der Waals surface area contributed by atoms with E-state index in [1.807, 2.05) is 13.8 Å². The average molecular weight is 326 g/mol. The molecule has 0 saturated carbocycles. The number of aromatic nitrogens is 2. The van der Waals surface area contributed by atoms with Crippen LogP contribution in [0.25, 0.3) is 10.9 Å². The SMILES string of the molecule is Cc1cc2c(ccc(=O)n2Cc2c(C)noc2C)c(C)c1C(=O)O. The first-order chi connectivity index (χ1) is 11.3. The number of nitrogens with zero attached hydrogens (tertiary/aromatic N) is 2. The number of carboxylic acid groups (broad SMARTS) is 1. The quantitative estimate of drug-likeness (QED) is 0.800. The Morgan fingerprint density at radius 3 is 2.54 bits per heavy atom. The highest BCUT2D eigenvalue weighted by atomic mass is 16.5. The Morgan fingerprint density at radius 2 is 1.96 bits per heavy atom. The number of benzene rings is 1. The second kappa shape index (κ2) is 5.63. The van der Waals surface area contributed by atoms with E-state index in [1.54, 1.807) is 30.5 Å². The maximum absolute atomic E-state index is 12.4. The predicted molar refractivity (Wildman–Crippen MR) is 89.7 cm³/mol. The van der Waals surface area contributed by atoms with Crippen LogP contribution in [0.15, 0.2) is 27.5 Å². The maximum Gasteiger partial charge on any atom is 0.336 e. The lowest BCUT2D eigenvalue weighted by molar-refractivity contribution is 0.0695. The minimum Gasteiger partial charge on any atom is -0.478 e. The molecule has 2 aromatic heterocycles. The van der Waals surface area contributed by atoms with Gasteiger partial charge in [0.15, 0.2) is 0 Å². The summed E-state index contributed by atoms with van der Waals surface area (Å²) in [4.78, 5) is 23.9. The zero-order valence-electron chi connectivity index (χ0n) is 14.0. The highest BCUT2D eigenvalue weighted by molar-refractivity contribution is 5.98. The summed E-state index contributed by atoms with van der Waals surface area (Å²) in [6, 6.07) is 4.91. The van der Waals surface area contributed by atoms with Crippen molar-refractivity contribution in [3.63, 3.8) is 0 Å². The first-order valence-electron chi connectivity index (χ1n) is 7.60. The third kappa shape index (κ3) is 2.40. The minimum atomic E-state index is -0.963. The molecule has 6 nitrogen and oxygen atoms in total. The highest BCUT2D eigenvalue weighted by Gasteiger charge is 2.17. The summed E-state index contributed by atoms with van der Waals surface area (Å²) in [6.07, 6.45) is 0. The molecule has 124 valence electrons. The van der Waals surface area contributed by atoms with Crippen molar-refractivity contribution in [3.8, 4) is 0 Å². The number of carbonyl (C=O) groups is 1. The van der Waals surface area contributed by atoms with E-state index in [1.165, 1.54) is 6.07 Å². The second-order valence-electron chi connectivity index (χ2n) is 5.99. The van der Waals surface area contributed by atoms with Crippen LogP contribution in [0.4, 0.5) is 0 Å². The Bertz CT molecular complexity index is 1010. The molecule has 0 saturated heterocycles. The van der Waals surface area contributed by atoms with Gasteiger partial charge in [0.25, 0.3) is 5.56 Å². The van der Waals surface area contributed by atoms with E-state index in [-0.39, 0.29) is 11.1 Å². The van der Waals surface area contributed by atoms with Crippen molar-refractivity contribution in [2.24, 2.45) is 0 Å². The van der Waals surface area contributed by atoms with E-state index in [2.05, 4.69) is 5.16 Å². The minimum absolute atomic E-state index is 0.149. The summed E-state index contributed by atoms with van der Waals surface area (Å²) in [7, 11) is 0. The zero-order chi connectivity index (χ0) is 17.6. The van der Waals surface area contributed by atoms with Crippen LogP contribution in [0.1, 0.15) is 38.5 Å². The molecule has 0 radical (unpaired) electrons. The summed E-state index contributed by atoms with van der Waals surface area (Å²) >= 11 is 0. The standard InChI is InChI=1S/C18H18N2O4/c1-9-7-15-13(10(2)17(9)18(22)23)5-6-16(21)20(15)8-14-11(3)19-24-12(14)4/h5-7H,8H2,1-4H3,(H,22,23). The van der Waals surface area contributed by atoms with Crippen molar-refractivity contribution in [1.82, 2.24) is 9.72 Å². The molecular weight excluding hydrogens is 308 g/mol. The normalized spacial score (nSPS) is 11.2. The molecule has 0 aliphatic rings. The van der Waals surface area contributed by atoms with E-state index in [4.69, 9.17) is 4.52 Å². The molecule has 1 aromatic carbocycles. The van der Waals surface area contributed by atoms with E-state index in [9.17, 15) is 14.7 Å². The number of fused-ring (bicyclic) bond motifs is 1. The molecule has 0 bridgehead atoms. The van der Waals surface area contributed by atoms with Crippen LogP contribution in [0.2, 0.25) is 0 Å². The molecule has 0 unspecified atom stereocenters. The summed E-state index contributed by atoms with van der Waals surface area (Å²) in [5, 5.41) is 14.1. The Morgan fingerprint density at radius 1 is 1.25 bits per heavy atom. The Labute approximate surface area is 138 Å². The fourth-order valence-electron chi connectivity index (χ4n) is 3.15. The van der Waals surface area contributed by atoms with Crippen molar-refractivity contribution in [2.75, 3.05) is 0 Å². The van der Waals surface area contributed by atoms with Crippen LogP contribution < -0.4 is 5.56 Å². The number of aromatic carboxylic acids is 1. The molecule has 24 heavy (non-hydrogen) atoms. The predicted octanol–water partition coefficient (Wildman–Crippen LogP) is 2.97. The van der Waals surface area contributed by atoms with Gasteiger partial charge in [-0.2, -0.15) is 0 Å². The van der Waals surface area contributed by atoms with Crippen LogP contribution in [0.3, 0.4) is 0 Å². The third-order valence-electron chi connectivity index (χ3n) is 4.46. The monoisotopic (exact) mass is 326 g/mol. The number of aryl methyl sites for hydroxylation is 4. The van der Waals surface area contributed by atoms with Crippen molar-refractivity contribution in [2.45, 2.75) is 34.2 Å². The van der Waals surface area contributed by atoms with Crippen molar-refractivity contribution < 1.29 is 14.4 Å². The molecule has 3 rings (SSSR count). The number of carboxylic acids is 1. The summed E-state index contributed by atoms with van der Waals surface area (Å²) in [6.45, 7) is 7.49. The van der Waals surface area contributed by atoms with Crippen LogP contribution in [-0.2, 0) is 6.54 Å². The van der Waals surface area contributed by atoms with Gasteiger partial charge in [0.1, 0.15) is 5.76 Å². The molecule has 0 aliphatic carbocycles. The maximum atomic E-state index is 12.4. The first kappa shape index (κ1) is 16.0. The lowest BCUT2D eigenvalue weighted by Gasteiger charge is -2.15. The molecule has 6 heteroatoms. The van der Waals surface area contributed by atoms with Gasteiger partial charge in [-0.15, -0.1) is 0 Å². The van der Waals surface area contributed by atoms with Crippen LogP contribution in [-0.4, -0.2) is 20.8 Å². The van der Waals surface area contributed by atoms with Gasteiger partial charge in [-0.05, 0) is 51.0 Å². The molecule has 0 fully saturated rings. The average Bonchev–Trinajstić information content (AvgIpc) is 2.81. The Hall–Kier alpha value is -2.89. The highest BCUT2D eigenvalue weighted by Crippen LogP contribution is 2.25. The van der Waals surface area contributed by atoms with E-state index >= 15 is 0 Å². The molecule has 2 heterocycles. The van der Waals surface area contributed by atoms with Gasteiger partial charge in [0.2, 0.25) is 0 Å². The summed E-state index contributed by atoms with van der Waals surface area (Å²) in [5.74, 6) is -0.289. The summed E-state index contributed by atoms with van der Waals surface area (Å²) < 4.78 is 6.81. The topological polar surface area (TPSA) is 85.3 Å². The summed E-state index contributed by atoms with van der Waals surface area (Å²) in [5.41, 5.74) is 3.74.